The molecule has 1 heterocycles. The van der Waals surface area contributed by atoms with E-state index >= 15 is 0 Å². The number of hydrogen-bond donors (Lipinski definition) is 0. The summed E-state index contributed by atoms with van der Waals surface area (Å²) < 4.78 is 0. The molecule has 1 fully saturated rings. The fourth-order valence-electron chi connectivity index (χ4n) is 4.31. The number of fused-ring (bicyclic) bond motifs is 3. The third kappa shape index (κ3) is 2.39. The quantitative estimate of drug-likeness (QED) is 0.759. The van der Waals surface area contributed by atoms with Gasteiger partial charge >= 0.3 is 0 Å². The van der Waals surface area contributed by atoms with Crippen LogP contribution in [0.4, 0.5) is 0 Å². The lowest BCUT2D eigenvalue weighted by atomic mass is 9.78. The second kappa shape index (κ2) is 5.82. The Bertz CT molecular complexity index is 610. The zero-order valence-corrected chi connectivity index (χ0v) is 13.2. The van der Waals surface area contributed by atoms with Crippen LogP contribution >= 0.6 is 12.4 Å². The molecule has 0 spiro atoms. The lowest BCUT2D eigenvalue weighted by Gasteiger charge is -2.35. The maximum atomic E-state index is 2.49. The molecule has 1 aliphatic carbocycles. The first-order chi connectivity index (χ1) is 9.84. The second-order valence-corrected chi connectivity index (χ2v) is 6.34. The van der Waals surface area contributed by atoms with Crippen molar-refractivity contribution in [2.24, 2.45) is 5.92 Å². The summed E-state index contributed by atoms with van der Waals surface area (Å²) in [5, 5.41) is 0. The summed E-state index contributed by atoms with van der Waals surface area (Å²) in [5.74, 6) is 2.10. The Balaban J connectivity index is 0.00000132. The normalized spacial score (nSPS) is 27.6. The van der Waals surface area contributed by atoms with Gasteiger partial charge in [0.1, 0.15) is 0 Å². The summed E-state index contributed by atoms with van der Waals surface area (Å²) >= 11 is 0. The molecule has 2 aromatic rings. The van der Waals surface area contributed by atoms with Gasteiger partial charge in [0.2, 0.25) is 0 Å². The smallest absolute Gasteiger partial charge is 0.0127 e. The Morgan fingerprint density at radius 1 is 0.905 bits per heavy atom. The molecule has 0 aromatic heterocycles. The minimum Gasteiger partial charge on any atom is -0.306 e. The van der Waals surface area contributed by atoms with Gasteiger partial charge in [-0.25, -0.2) is 0 Å². The molecule has 2 aromatic carbocycles. The minimum atomic E-state index is 0. The van der Waals surface area contributed by atoms with Gasteiger partial charge in [-0.1, -0.05) is 54.6 Å². The van der Waals surface area contributed by atoms with Crippen molar-refractivity contribution in [1.82, 2.24) is 4.90 Å². The first kappa shape index (κ1) is 14.6. The Labute approximate surface area is 133 Å². The number of piperidine rings is 1. The van der Waals surface area contributed by atoms with Crippen molar-refractivity contribution in [2.45, 2.75) is 18.3 Å². The molecule has 0 amide bonds. The van der Waals surface area contributed by atoms with Gasteiger partial charge < -0.3 is 4.90 Å². The Morgan fingerprint density at radius 3 is 2.33 bits per heavy atom. The SMILES string of the molecule is CN1CCC2C(C1)c1ccccc1C2c1ccccc1.Cl. The molecule has 3 atom stereocenters. The van der Waals surface area contributed by atoms with Crippen LogP contribution in [0.25, 0.3) is 0 Å². The van der Waals surface area contributed by atoms with Gasteiger partial charge in [0, 0.05) is 18.4 Å². The monoisotopic (exact) mass is 299 g/mol. The maximum Gasteiger partial charge on any atom is 0.0127 e. The molecule has 0 N–H and O–H groups in total. The van der Waals surface area contributed by atoms with E-state index in [1.54, 1.807) is 11.1 Å². The van der Waals surface area contributed by atoms with Gasteiger partial charge in [0.05, 0.1) is 0 Å². The first-order valence-electron chi connectivity index (χ1n) is 7.67. The number of halogens is 1. The van der Waals surface area contributed by atoms with Crippen LogP contribution in [-0.2, 0) is 0 Å². The van der Waals surface area contributed by atoms with E-state index in [0.29, 0.717) is 5.92 Å². The van der Waals surface area contributed by atoms with Gasteiger partial charge in [-0.05, 0) is 42.6 Å². The highest BCUT2D eigenvalue weighted by atomic mass is 35.5. The number of benzene rings is 2. The minimum absolute atomic E-state index is 0. The molecule has 3 unspecified atom stereocenters. The van der Waals surface area contributed by atoms with Gasteiger partial charge in [0.25, 0.3) is 0 Å². The van der Waals surface area contributed by atoms with E-state index in [0.717, 1.165) is 11.8 Å². The van der Waals surface area contributed by atoms with E-state index < -0.39 is 0 Å². The van der Waals surface area contributed by atoms with Gasteiger partial charge in [0.15, 0.2) is 0 Å². The highest BCUT2D eigenvalue weighted by Gasteiger charge is 2.43. The number of likely N-dealkylation sites (tertiary alicyclic amines) is 1. The van der Waals surface area contributed by atoms with Crippen LogP contribution in [0.2, 0.25) is 0 Å². The van der Waals surface area contributed by atoms with Crippen LogP contribution in [0.1, 0.15) is 34.9 Å². The topological polar surface area (TPSA) is 3.24 Å². The molecule has 1 nitrogen and oxygen atoms in total. The van der Waals surface area contributed by atoms with Crippen molar-refractivity contribution in [3.05, 3.63) is 71.3 Å². The Hall–Kier alpha value is -1.31. The highest BCUT2D eigenvalue weighted by Crippen LogP contribution is 2.52. The Kier molecular flexibility index (Phi) is 4.05. The van der Waals surface area contributed by atoms with E-state index in [1.807, 2.05) is 0 Å². The summed E-state index contributed by atoms with van der Waals surface area (Å²) in [6, 6.07) is 20.2. The van der Waals surface area contributed by atoms with Crippen LogP contribution in [0, 0.1) is 5.92 Å². The lowest BCUT2D eigenvalue weighted by Crippen LogP contribution is -2.35. The third-order valence-corrected chi connectivity index (χ3v) is 5.19. The lowest BCUT2D eigenvalue weighted by molar-refractivity contribution is 0.191. The average Bonchev–Trinajstić information content (AvgIpc) is 2.82. The summed E-state index contributed by atoms with van der Waals surface area (Å²) in [6.07, 6.45) is 1.31. The van der Waals surface area contributed by atoms with Gasteiger partial charge in [-0.3, -0.25) is 0 Å². The van der Waals surface area contributed by atoms with Crippen molar-refractivity contribution in [1.29, 1.82) is 0 Å². The summed E-state index contributed by atoms with van der Waals surface area (Å²) in [7, 11) is 2.26. The summed E-state index contributed by atoms with van der Waals surface area (Å²) in [4.78, 5) is 2.49. The molecule has 110 valence electrons. The number of hydrogen-bond acceptors (Lipinski definition) is 1. The molecule has 2 aliphatic rings. The van der Waals surface area contributed by atoms with Crippen LogP contribution in [0.5, 0.6) is 0 Å². The van der Waals surface area contributed by atoms with E-state index in [4.69, 9.17) is 0 Å². The molecule has 0 radical (unpaired) electrons. The summed E-state index contributed by atoms with van der Waals surface area (Å²) in [6.45, 7) is 2.45. The van der Waals surface area contributed by atoms with Gasteiger partial charge in [-0.15, -0.1) is 12.4 Å². The van der Waals surface area contributed by atoms with Crippen molar-refractivity contribution in [2.75, 3.05) is 20.1 Å². The molecule has 4 rings (SSSR count). The first-order valence-corrected chi connectivity index (χ1v) is 7.67. The maximum absolute atomic E-state index is 2.49. The van der Waals surface area contributed by atoms with E-state index in [-0.39, 0.29) is 12.4 Å². The molecular weight excluding hydrogens is 278 g/mol. The predicted octanol–water partition coefficient (Wildman–Crippen LogP) is 4.29. The molecule has 21 heavy (non-hydrogen) atoms. The second-order valence-electron chi connectivity index (χ2n) is 6.34. The van der Waals surface area contributed by atoms with Crippen molar-refractivity contribution in [3.63, 3.8) is 0 Å². The largest absolute Gasteiger partial charge is 0.306 e. The number of rotatable bonds is 1. The molecule has 1 saturated heterocycles. The zero-order valence-electron chi connectivity index (χ0n) is 12.4. The van der Waals surface area contributed by atoms with Crippen molar-refractivity contribution >= 4 is 12.4 Å². The highest BCUT2D eigenvalue weighted by molar-refractivity contribution is 5.85. The van der Waals surface area contributed by atoms with Crippen LogP contribution in [-0.4, -0.2) is 25.0 Å². The summed E-state index contributed by atoms with van der Waals surface area (Å²) in [5.41, 5.74) is 4.67. The third-order valence-electron chi connectivity index (χ3n) is 5.19. The predicted molar refractivity (Wildman–Crippen MR) is 90.3 cm³/mol. The van der Waals surface area contributed by atoms with E-state index in [9.17, 15) is 0 Å². The van der Waals surface area contributed by atoms with Gasteiger partial charge in [-0.2, -0.15) is 0 Å². The van der Waals surface area contributed by atoms with Crippen LogP contribution in [0.3, 0.4) is 0 Å². The number of likely N-dealkylation sites (N-methyl/N-ethyl adjacent to an activating group) is 1. The number of nitrogens with zero attached hydrogens (tertiary/aromatic N) is 1. The van der Waals surface area contributed by atoms with Crippen LogP contribution in [0.15, 0.2) is 54.6 Å². The fraction of sp³-hybridized carbons (Fsp3) is 0.368. The fourth-order valence-corrected chi connectivity index (χ4v) is 4.31. The molecule has 0 bridgehead atoms. The zero-order chi connectivity index (χ0) is 13.5. The van der Waals surface area contributed by atoms with E-state index in [1.165, 1.54) is 25.1 Å². The standard InChI is InChI=1S/C19H21N.ClH/c1-20-12-11-17-18(13-20)15-9-5-6-10-16(15)19(17)14-7-3-2-4-8-14;/h2-10,17-19H,11-13H2,1H3;1H. The molecule has 2 heteroatoms. The average molecular weight is 300 g/mol. The Morgan fingerprint density at radius 2 is 1.57 bits per heavy atom. The van der Waals surface area contributed by atoms with Crippen molar-refractivity contribution < 1.29 is 0 Å². The molecular formula is C19H22ClN. The molecule has 0 saturated carbocycles. The van der Waals surface area contributed by atoms with E-state index in [2.05, 4.69) is 66.5 Å². The van der Waals surface area contributed by atoms with Crippen molar-refractivity contribution in [3.8, 4) is 0 Å². The van der Waals surface area contributed by atoms with Crippen LogP contribution < -0.4 is 0 Å². The molecule has 1 aliphatic heterocycles.